The third kappa shape index (κ3) is 5.25. The van der Waals surface area contributed by atoms with E-state index in [0.717, 1.165) is 42.6 Å². The van der Waals surface area contributed by atoms with Gasteiger partial charge in [0.25, 0.3) is 0 Å². The van der Waals surface area contributed by atoms with E-state index in [2.05, 4.69) is 40.7 Å². The summed E-state index contributed by atoms with van der Waals surface area (Å²) < 4.78 is 7.86. The van der Waals surface area contributed by atoms with Crippen LogP contribution in [-0.4, -0.2) is 53.5 Å². The standard InChI is InChI=1S/C22H29N5O/c1-4-23-22(26(3)15-16-28-20-10-6-5-7-11-20)24-13-12-19-17-27-14-8-9-18(2)21(27)25-19/h5-11,14,17H,4,12-13,15-16H2,1-3H3,(H,23,24). The molecule has 148 valence electrons. The van der Waals surface area contributed by atoms with Gasteiger partial charge in [0.2, 0.25) is 0 Å². The van der Waals surface area contributed by atoms with Crippen LogP contribution in [0.3, 0.4) is 0 Å². The second-order valence-corrected chi connectivity index (χ2v) is 6.72. The summed E-state index contributed by atoms with van der Waals surface area (Å²) in [5, 5.41) is 3.35. The summed E-state index contributed by atoms with van der Waals surface area (Å²) in [6.45, 7) is 7.05. The number of likely N-dealkylation sites (N-methyl/N-ethyl adjacent to an activating group) is 1. The van der Waals surface area contributed by atoms with Gasteiger partial charge in [-0.05, 0) is 37.6 Å². The molecule has 0 fully saturated rings. The number of fused-ring (bicyclic) bond motifs is 1. The van der Waals surface area contributed by atoms with Crippen LogP contribution < -0.4 is 10.1 Å². The first-order valence-corrected chi connectivity index (χ1v) is 9.78. The highest BCUT2D eigenvalue weighted by Crippen LogP contribution is 2.10. The number of pyridine rings is 1. The van der Waals surface area contributed by atoms with Crippen LogP contribution in [-0.2, 0) is 6.42 Å². The summed E-state index contributed by atoms with van der Waals surface area (Å²) in [5.41, 5.74) is 3.26. The van der Waals surface area contributed by atoms with Crippen molar-refractivity contribution in [3.63, 3.8) is 0 Å². The fourth-order valence-corrected chi connectivity index (χ4v) is 2.99. The third-order valence-electron chi connectivity index (χ3n) is 4.49. The number of hydrogen-bond donors (Lipinski definition) is 1. The summed E-state index contributed by atoms with van der Waals surface area (Å²) >= 11 is 0. The van der Waals surface area contributed by atoms with E-state index >= 15 is 0 Å². The van der Waals surface area contributed by atoms with Crippen molar-refractivity contribution in [3.05, 3.63) is 66.1 Å². The van der Waals surface area contributed by atoms with Crippen molar-refractivity contribution in [3.8, 4) is 5.75 Å². The first-order chi connectivity index (χ1) is 13.7. The number of aryl methyl sites for hydroxylation is 1. The van der Waals surface area contributed by atoms with E-state index < -0.39 is 0 Å². The van der Waals surface area contributed by atoms with Crippen LogP contribution in [0, 0.1) is 6.92 Å². The van der Waals surface area contributed by atoms with Gasteiger partial charge in [-0.25, -0.2) is 4.98 Å². The molecule has 0 aliphatic carbocycles. The number of rotatable bonds is 8. The molecule has 0 saturated carbocycles. The third-order valence-corrected chi connectivity index (χ3v) is 4.49. The molecule has 1 N–H and O–H groups in total. The molecule has 0 atom stereocenters. The Kier molecular flexibility index (Phi) is 6.89. The van der Waals surface area contributed by atoms with Crippen molar-refractivity contribution < 1.29 is 4.74 Å². The Balaban J connectivity index is 1.54. The monoisotopic (exact) mass is 379 g/mol. The molecule has 0 amide bonds. The fraction of sp³-hybridized carbons (Fsp3) is 0.364. The van der Waals surface area contributed by atoms with Gasteiger partial charge in [-0.2, -0.15) is 0 Å². The van der Waals surface area contributed by atoms with Gasteiger partial charge in [-0.1, -0.05) is 24.3 Å². The van der Waals surface area contributed by atoms with E-state index in [9.17, 15) is 0 Å². The van der Waals surface area contributed by atoms with Crippen LogP contribution in [0.25, 0.3) is 5.65 Å². The SMILES string of the molecule is CCNC(=NCCc1cn2cccc(C)c2n1)N(C)CCOc1ccccc1. The van der Waals surface area contributed by atoms with Crippen molar-refractivity contribution in [2.75, 3.05) is 33.3 Å². The minimum Gasteiger partial charge on any atom is -0.492 e. The van der Waals surface area contributed by atoms with Gasteiger partial charge in [0.15, 0.2) is 5.96 Å². The lowest BCUT2D eigenvalue weighted by Gasteiger charge is -2.22. The zero-order chi connectivity index (χ0) is 19.8. The van der Waals surface area contributed by atoms with Gasteiger partial charge < -0.3 is 19.4 Å². The molecule has 6 heteroatoms. The van der Waals surface area contributed by atoms with E-state index in [1.807, 2.05) is 49.6 Å². The highest BCUT2D eigenvalue weighted by Gasteiger charge is 2.07. The second kappa shape index (κ2) is 9.78. The lowest BCUT2D eigenvalue weighted by molar-refractivity contribution is 0.281. The topological polar surface area (TPSA) is 54.2 Å². The van der Waals surface area contributed by atoms with Crippen molar-refractivity contribution in [2.45, 2.75) is 20.3 Å². The maximum absolute atomic E-state index is 5.79. The maximum atomic E-state index is 5.79. The van der Waals surface area contributed by atoms with Crippen LogP contribution in [0.15, 0.2) is 59.9 Å². The first-order valence-electron chi connectivity index (χ1n) is 9.78. The molecule has 2 heterocycles. The molecule has 0 unspecified atom stereocenters. The quantitative estimate of drug-likeness (QED) is 0.482. The van der Waals surface area contributed by atoms with Gasteiger partial charge >= 0.3 is 0 Å². The average Bonchev–Trinajstić information content (AvgIpc) is 3.12. The Morgan fingerprint density at radius 3 is 2.79 bits per heavy atom. The molecule has 0 radical (unpaired) electrons. The van der Waals surface area contributed by atoms with Gasteiger partial charge in [0, 0.05) is 39.0 Å². The van der Waals surface area contributed by atoms with Crippen LogP contribution in [0.5, 0.6) is 5.75 Å². The second-order valence-electron chi connectivity index (χ2n) is 6.72. The molecule has 28 heavy (non-hydrogen) atoms. The zero-order valence-electron chi connectivity index (χ0n) is 16.9. The zero-order valence-corrected chi connectivity index (χ0v) is 16.9. The number of nitrogens with one attached hydrogen (secondary N) is 1. The normalized spacial score (nSPS) is 11.6. The molecule has 0 bridgehead atoms. The Hall–Kier alpha value is -3.02. The van der Waals surface area contributed by atoms with Crippen LogP contribution in [0.4, 0.5) is 0 Å². The van der Waals surface area contributed by atoms with Crippen LogP contribution in [0.2, 0.25) is 0 Å². The molecule has 0 spiro atoms. The minimum absolute atomic E-state index is 0.608. The van der Waals surface area contributed by atoms with Crippen molar-refractivity contribution in [2.24, 2.45) is 4.99 Å². The summed E-state index contributed by atoms with van der Waals surface area (Å²) in [4.78, 5) is 11.6. The van der Waals surface area contributed by atoms with Crippen LogP contribution in [0.1, 0.15) is 18.2 Å². The molecule has 6 nitrogen and oxygen atoms in total. The number of ether oxygens (including phenoxy) is 1. The first kappa shape index (κ1) is 19.7. The van der Waals surface area contributed by atoms with Crippen molar-refractivity contribution >= 4 is 11.6 Å². The highest BCUT2D eigenvalue weighted by molar-refractivity contribution is 5.79. The summed E-state index contributed by atoms with van der Waals surface area (Å²) in [6.07, 6.45) is 4.93. The minimum atomic E-state index is 0.608. The molecule has 2 aromatic heterocycles. The smallest absolute Gasteiger partial charge is 0.193 e. The van der Waals surface area contributed by atoms with E-state index in [4.69, 9.17) is 14.7 Å². The lowest BCUT2D eigenvalue weighted by Crippen LogP contribution is -2.41. The molecule has 3 rings (SSSR count). The molecule has 1 aromatic carbocycles. The van der Waals surface area contributed by atoms with E-state index in [0.29, 0.717) is 13.2 Å². The van der Waals surface area contributed by atoms with Gasteiger partial charge in [-0.3, -0.25) is 4.99 Å². The Labute approximate surface area is 166 Å². The van der Waals surface area contributed by atoms with Crippen molar-refractivity contribution in [1.29, 1.82) is 0 Å². The number of nitrogens with zero attached hydrogens (tertiary/aromatic N) is 4. The molecule has 0 saturated heterocycles. The number of benzene rings is 1. The predicted octanol–water partition coefficient (Wildman–Crippen LogP) is 3.16. The molecular formula is C22H29N5O. The average molecular weight is 380 g/mol. The maximum Gasteiger partial charge on any atom is 0.193 e. The highest BCUT2D eigenvalue weighted by atomic mass is 16.5. The van der Waals surface area contributed by atoms with Gasteiger partial charge in [0.1, 0.15) is 18.0 Å². The van der Waals surface area contributed by atoms with Gasteiger partial charge in [0.05, 0.1) is 12.2 Å². The summed E-state index contributed by atoms with van der Waals surface area (Å²) in [6, 6.07) is 14.0. The van der Waals surface area contributed by atoms with Crippen molar-refractivity contribution in [1.82, 2.24) is 19.6 Å². The number of aromatic nitrogens is 2. The number of imidazole rings is 1. The number of guanidine groups is 1. The number of aliphatic imine (C=N–C) groups is 1. The number of hydrogen-bond acceptors (Lipinski definition) is 3. The molecule has 0 aliphatic heterocycles. The van der Waals surface area contributed by atoms with Crippen LogP contribution >= 0.6 is 0 Å². The Morgan fingerprint density at radius 1 is 1.21 bits per heavy atom. The summed E-state index contributed by atoms with van der Waals surface area (Å²) in [5.74, 6) is 1.78. The Bertz CT molecular complexity index is 904. The van der Waals surface area contributed by atoms with Gasteiger partial charge in [-0.15, -0.1) is 0 Å². The summed E-state index contributed by atoms with van der Waals surface area (Å²) in [7, 11) is 2.03. The lowest BCUT2D eigenvalue weighted by atomic mass is 10.3. The predicted molar refractivity (Wildman–Crippen MR) is 114 cm³/mol. The largest absolute Gasteiger partial charge is 0.492 e. The molecule has 0 aliphatic rings. The fourth-order valence-electron chi connectivity index (χ4n) is 2.99. The van der Waals surface area contributed by atoms with E-state index in [1.165, 1.54) is 5.56 Å². The van der Waals surface area contributed by atoms with E-state index in [-0.39, 0.29) is 0 Å². The Morgan fingerprint density at radius 2 is 2.04 bits per heavy atom. The molecule has 3 aromatic rings. The molecular weight excluding hydrogens is 350 g/mol. The van der Waals surface area contributed by atoms with E-state index in [1.54, 1.807) is 0 Å². The number of para-hydroxylation sites is 1.